The number of likely N-dealkylation sites (N-methyl/N-ethyl adjacent to an activating group) is 1. The number of ether oxygens (including phenoxy) is 1. The monoisotopic (exact) mass is 295 g/mol. The van der Waals surface area contributed by atoms with Gasteiger partial charge in [-0.25, -0.2) is 4.79 Å². The SMILES string of the molecule is C=CC(=O)OCCC(C)(C[N+](C)(C)C)OP(=O)([O-])O. The topological polar surface area (TPSA) is 95.9 Å². The van der Waals surface area contributed by atoms with Crippen molar-refractivity contribution in [2.24, 2.45) is 0 Å². The Morgan fingerprint density at radius 2 is 2.05 bits per heavy atom. The number of nitrogens with zero attached hydrogens (tertiary/aromatic N) is 1. The number of carbonyl (C=O) groups excluding carboxylic acids is 1. The summed E-state index contributed by atoms with van der Waals surface area (Å²) in [6.07, 6.45) is 1.15. The first-order chi connectivity index (χ1) is 8.37. The summed E-state index contributed by atoms with van der Waals surface area (Å²) in [5.74, 6) is -0.595. The van der Waals surface area contributed by atoms with Crippen LogP contribution >= 0.6 is 7.82 Å². The van der Waals surface area contributed by atoms with Crippen molar-refractivity contribution in [3.63, 3.8) is 0 Å². The Hall–Kier alpha value is -0.720. The van der Waals surface area contributed by atoms with E-state index in [0.29, 0.717) is 11.0 Å². The first kappa shape index (κ1) is 18.3. The van der Waals surface area contributed by atoms with Gasteiger partial charge in [0.2, 0.25) is 0 Å². The van der Waals surface area contributed by atoms with Gasteiger partial charge in [-0.05, 0) is 6.92 Å². The molecule has 0 amide bonds. The van der Waals surface area contributed by atoms with Gasteiger partial charge in [0.25, 0.3) is 7.82 Å². The molecule has 0 aromatic rings. The predicted molar refractivity (Wildman–Crippen MR) is 68.0 cm³/mol. The second-order valence-electron chi connectivity index (χ2n) is 5.58. The van der Waals surface area contributed by atoms with Crippen LogP contribution in [0.3, 0.4) is 0 Å². The van der Waals surface area contributed by atoms with E-state index in [2.05, 4.69) is 6.58 Å². The first-order valence-corrected chi connectivity index (χ1v) is 7.21. The Morgan fingerprint density at radius 1 is 1.53 bits per heavy atom. The summed E-state index contributed by atoms with van der Waals surface area (Å²) in [5, 5.41) is 0. The van der Waals surface area contributed by atoms with Gasteiger partial charge in [-0.2, -0.15) is 0 Å². The Kier molecular flexibility index (Phi) is 6.38. The van der Waals surface area contributed by atoms with Crippen LogP contribution in [0.1, 0.15) is 13.3 Å². The third-order valence-corrected chi connectivity index (χ3v) is 2.86. The Bertz CT molecular complexity index is 372. The van der Waals surface area contributed by atoms with Gasteiger partial charge in [0.15, 0.2) is 0 Å². The van der Waals surface area contributed by atoms with Crippen LogP contribution in [0.4, 0.5) is 0 Å². The number of quaternary nitrogens is 1. The van der Waals surface area contributed by atoms with Crippen LogP contribution < -0.4 is 4.89 Å². The molecule has 112 valence electrons. The molecule has 7 nitrogen and oxygen atoms in total. The number of esters is 1. The number of carbonyl (C=O) groups is 1. The minimum absolute atomic E-state index is 0.0264. The van der Waals surface area contributed by atoms with Crippen molar-refractivity contribution in [2.75, 3.05) is 34.3 Å². The summed E-state index contributed by atoms with van der Waals surface area (Å²) in [6, 6.07) is 0. The highest BCUT2D eigenvalue weighted by Crippen LogP contribution is 2.39. The average Bonchev–Trinajstić information content (AvgIpc) is 2.10. The maximum Gasteiger partial charge on any atom is 0.330 e. The van der Waals surface area contributed by atoms with Crippen molar-refractivity contribution in [1.82, 2.24) is 0 Å². The van der Waals surface area contributed by atoms with E-state index in [1.807, 2.05) is 21.1 Å². The fourth-order valence-electron chi connectivity index (χ4n) is 1.86. The van der Waals surface area contributed by atoms with E-state index in [1.165, 1.54) is 0 Å². The molecule has 0 aliphatic heterocycles. The molecule has 8 heteroatoms. The largest absolute Gasteiger partial charge is 0.756 e. The summed E-state index contributed by atoms with van der Waals surface area (Å²) in [6.45, 7) is 5.08. The molecule has 2 unspecified atom stereocenters. The summed E-state index contributed by atoms with van der Waals surface area (Å²) in [4.78, 5) is 30.7. The van der Waals surface area contributed by atoms with Gasteiger partial charge in [-0.15, -0.1) is 0 Å². The number of phosphoric ester groups is 1. The van der Waals surface area contributed by atoms with Gasteiger partial charge < -0.3 is 23.5 Å². The molecule has 0 fully saturated rings. The Morgan fingerprint density at radius 3 is 2.42 bits per heavy atom. The number of hydrogen-bond acceptors (Lipinski definition) is 5. The van der Waals surface area contributed by atoms with Crippen molar-refractivity contribution in [1.29, 1.82) is 0 Å². The normalized spacial score (nSPS) is 18.2. The average molecular weight is 295 g/mol. The van der Waals surface area contributed by atoms with Gasteiger partial charge in [0.1, 0.15) is 12.1 Å². The number of hydrogen-bond donors (Lipinski definition) is 1. The second kappa shape index (κ2) is 6.63. The molecule has 1 N–H and O–H groups in total. The van der Waals surface area contributed by atoms with Crippen LogP contribution in [-0.4, -0.2) is 55.2 Å². The fourth-order valence-corrected chi connectivity index (χ4v) is 2.57. The molecule has 0 aliphatic carbocycles. The Labute approximate surface area is 113 Å². The zero-order chi connectivity index (χ0) is 15.3. The van der Waals surface area contributed by atoms with E-state index < -0.39 is 19.4 Å². The minimum atomic E-state index is -4.86. The van der Waals surface area contributed by atoms with Crippen molar-refractivity contribution in [3.05, 3.63) is 12.7 Å². The molecule has 0 heterocycles. The van der Waals surface area contributed by atoms with Crippen molar-refractivity contribution < 1.29 is 32.9 Å². The van der Waals surface area contributed by atoms with Gasteiger partial charge in [0.05, 0.1) is 27.7 Å². The highest BCUT2D eigenvalue weighted by atomic mass is 31.2. The molecule has 2 atom stereocenters. The summed E-state index contributed by atoms with van der Waals surface area (Å²) in [5.41, 5.74) is -1.16. The smallest absolute Gasteiger partial charge is 0.330 e. The van der Waals surface area contributed by atoms with Crippen LogP contribution in [0.5, 0.6) is 0 Å². The fraction of sp³-hybridized carbons (Fsp3) is 0.727. The number of rotatable bonds is 8. The lowest BCUT2D eigenvalue weighted by atomic mass is 10.0. The minimum Gasteiger partial charge on any atom is -0.756 e. The van der Waals surface area contributed by atoms with E-state index in [-0.39, 0.29) is 13.0 Å². The maximum atomic E-state index is 10.9. The summed E-state index contributed by atoms with van der Waals surface area (Å²) < 4.78 is 20.9. The van der Waals surface area contributed by atoms with Crippen LogP contribution in [0.15, 0.2) is 12.7 Å². The van der Waals surface area contributed by atoms with E-state index in [1.54, 1.807) is 6.92 Å². The molecule has 0 saturated carbocycles. The van der Waals surface area contributed by atoms with Gasteiger partial charge >= 0.3 is 5.97 Å². The van der Waals surface area contributed by atoms with Crippen molar-refractivity contribution in [2.45, 2.75) is 18.9 Å². The number of phosphoric acid groups is 1. The van der Waals surface area contributed by atoms with Crippen LogP contribution in [0, 0.1) is 0 Å². The van der Waals surface area contributed by atoms with Crippen molar-refractivity contribution in [3.8, 4) is 0 Å². The third kappa shape index (κ3) is 9.81. The zero-order valence-corrected chi connectivity index (χ0v) is 12.7. The lowest BCUT2D eigenvalue weighted by Crippen LogP contribution is -2.49. The van der Waals surface area contributed by atoms with Crippen molar-refractivity contribution >= 4 is 13.8 Å². The van der Waals surface area contributed by atoms with Crippen LogP contribution in [-0.2, 0) is 18.6 Å². The van der Waals surface area contributed by atoms with Crippen LogP contribution in [0.25, 0.3) is 0 Å². The molecule has 0 aliphatic rings. The van der Waals surface area contributed by atoms with E-state index in [0.717, 1.165) is 6.08 Å². The van der Waals surface area contributed by atoms with Gasteiger partial charge in [0, 0.05) is 12.5 Å². The Balaban J connectivity index is 4.71. The molecule has 0 aromatic heterocycles. The van der Waals surface area contributed by atoms with E-state index in [4.69, 9.17) is 14.2 Å². The summed E-state index contributed by atoms with van der Waals surface area (Å²) >= 11 is 0. The second-order valence-corrected chi connectivity index (χ2v) is 6.70. The molecule has 0 spiro atoms. The van der Waals surface area contributed by atoms with Crippen LogP contribution in [0.2, 0.25) is 0 Å². The standard InChI is InChI=1S/C11H22NO6P/c1-6-10(13)17-8-7-11(2,9-12(3,4)5)18-19(14,15)16/h6H,1,7-9H2,2-5H3,(H-,14,15,16). The lowest BCUT2D eigenvalue weighted by Gasteiger charge is -2.38. The third-order valence-electron chi connectivity index (χ3n) is 2.19. The predicted octanol–water partition coefficient (Wildman–Crippen LogP) is 0.0479. The molecule has 0 bridgehead atoms. The lowest BCUT2D eigenvalue weighted by molar-refractivity contribution is -0.876. The van der Waals surface area contributed by atoms with Gasteiger partial charge in [-0.3, -0.25) is 4.57 Å². The highest BCUT2D eigenvalue weighted by molar-refractivity contribution is 7.44. The molecular weight excluding hydrogens is 273 g/mol. The molecule has 0 rings (SSSR count). The zero-order valence-electron chi connectivity index (χ0n) is 11.8. The molecular formula is C11H22NO6P. The quantitative estimate of drug-likeness (QED) is 0.294. The van der Waals surface area contributed by atoms with Gasteiger partial charge in [-0.1, -0.05) is 6.58 Å². The molecule has 0 saturated heterocycles. The van der Waals surface area contributed by atoms with E-state index >= 15 is 0 Å². The first-order valence-electron chi connectivity index (χ1n) is 5.71. The van der Waals surface area contributed by atoms with E-state index in [9.17, 15) is 14.3 Å². The highest BCUT2D eigenvalue weighted by Gasteiger charge is 2.35. The molecule has 19 heavy (non-hydrogen) atoms. The molecule has 0 aromatic carbocycles. The summed E-state index contributed by atoms with van der Waals surface area (Å²) in [7, 11) is 0.690. The molecule has 0 radical (unpaired) electrons. The maximum absolute atomic E-state index is 10.9.